The van der Waals surface area contributed by atoms with Crippen molar-refractivity contribution in [1.82, 2.24) is 0 Å². The lowest BCUT2D eigenvalue weighted by Gasteiger charge is -2.27. The first-order chi connectivity index (χ1) is 11.0. The van der Waals surface area contributed by atoms with Crippen molar-refractivity contribution in [2.45, 2.75) is 88.6 Å². The van der Waals surface area contributed by atoms with E-state index in [9.17, 15) is 14.7 Å². The van der Waals surface area contributed by atoms with E-state index in [1.54, 1.807) is 0 Å². The maximum atomic E-state index is 11.9. The SMILES string of the molecule is O=C(O)OC1CCCC(OC(=O)OC2CCCC(O)C2)CCC1. The van der Waals surface area contributed by atoms with E-state index in [4.69, 9.17) is 19.3 Å². The van der Waals surface area contributed by atoms with Gasteiger partial charge in [-0.05, 0) is 57.8 Å². The second kappa shape index (κ2) is 8.96. The molecule has 0 heterocycles. The topological polar surface area (TPSA) is 102 Å². The number of hydrogen-bond acceptors (Lipinski definition) is 6. The highest BCUT2D eigenvalue weighted by molar-refractivity contribution is 5.60. The third-order valence-corrected chi connectivity index (χ3v) is 4.50. The summed E-state index contributed by atoms with van der Waals surface area (Å²) in [6.07, 6.45) is 4.03. The normalized spacial score (nSPS) is 32.2. The largest absolute Gasteiger partial charge is 0.508 e. The lowest BCUT2D eigenvalue weighted by atomic mass is 9.95. The van der Waals surface area contributed by atoms with E-state index in [1.807, 2.05) is 0 Å². The number of carbonyl (C=O) groups is 2. The first kappa shape index (κ1) is 17.8. The summed E-state index contributed by atoms with van der Waals surface area (Å²) in [6.45, 7) is 0. The number of ether oxygens (including phenoxy) is 3. The average Bonchev–Trinajstić information content (AvgIpc) is 2.43. The molecule has 132 valence electrons. The molecule has 2 atom stereocenters. The Balaban J connectivity index is 1.69. The van der Waals surface area contributed by atoms with E-state index < -0.39 is 18.4 Å². The zero-order chi connectivity index (χ0) is 16.7. The third kappa shape index (κ3) is 6.64. The molecule has 2 unspecified atom stereocenters. The molecule has 0 aliphatic heterocycles. The number of carboxylic acid groups (broad SMARTS) is 1. The molecule has 2 fully saturated rings. The van der Waals surface area contributed by atoms with Crippen LogP contribution in [-0.4, -0.2) is 46.9 Å². The van der Waals surface area contributed by atoms with Crippen molar-refractivity contribution in [2.75, 3.05) is 0 Å². The molecule has 2 aliphatic rings. The Morgan fingerprint density at radius 2 is 1.22 bits per heavy atom. The summed E-state index contributed by atoms with van der Waals surface area (Å²) in [5, 5.41) is 18.2. The highest BCUT2D eigenvalue weighted by atomic mass is 16.7. The Morgan fingerprint density at radius 1 is 0.739 bits per heavy atom. The molecule has 23 heavy (non-hydrogen) atoms. The fourth-order valence-electron chi connectivity index (χ4n) is 3.34. The van der Waals surface area contributed by atoms with Gasteiger partial charge in [0.15, 0.2) is 0 Å². The summed E-state index contributed by atoms with van der Waals surface area (Å²) in [6, 6.07) is 0. The molecule has 2 rings (SSSR count). The van der Waals surface area contributed by atoms with Crippen LogP contribution in [0.25, 0.3) is 0 Å². The van der Waals surface area contributed by atoms with Gasteiger partial charge in [0.05, 0.1) is 6.10 Å². The first-order valence-corrected chi connectivity index (χ1v) is 8.48. The fourth-order valence-corrected chi connectivity index (χ4v) is 3.34. The first-order valence-electron chi connectivity index (χ1n) is 8.48. The molecule has 7 heteroatoms. The van der Waals surface area contributed by atoms with Crippen LogP contribution in [0.3, 0.4) is 0 Å². The minimum absolute atomic E-state index is 0.193. The van der Waals surface area contributed by atoms with E-state index in [1.165, 1.54) is 0 Å². The molecule has 0 radical (unpaired) electrons. The molecule has 0 aromatic rings. The van der Waals surface area contributed by atoms with Crippen LogP contribution in [0.15, 0.2) is 0 Å². The fraction of sp³-hybridized carbons (Fsp3) is 0.875. The molecular weight excluding hydrogens is 304 g/mol. The summed E-state index contributed by atoms with van der Waals surface area (Å²) >= 11 is 0. The Kier molecular flexibility index (Phi) is 6.95. The van der Waals surface area contributed by atoms with Crippen LogP contribution in [0, 0.1) is 0 Å². The monoisotopic (exact) mass is 330 g/mol. The van der Waals surface area contributed by atoms with Gasteiger partial charge in [0.1, 0.15) is 18.3 Å². The molecule has 2 N–H and O–H groups in total. The van der Waals surface area contributed by atoms with E-state index >= 15 is 0 Å². The molecule has 7 nitrogen and oxygen atoms in total. The van der Waals surface area contributed by atoms with Gasteiger partial charge in [0.2, 0.25) is 0 Å². The summed E-state index contributed by atoms with van der Waals surface area (Å²) < 4.78 is 15.5. The van der Waals surface area contributed by atoms with Crippen LogP contribution in [0.5, 0.6) is 0 Å². The molecule has 0 spiro atoms. The van der Waals surface area contributed by atoms with Crippen LogP contribution in [0.1, 0.15) is 64.2 Å². The van der Waals surface area contributed by atoms with Gasteiger partial charge in [-0.1, -0.05) is 0 Å². The minimum Gasteiger partial charge on any atom is -0.450 e. The highest BCUT2D eigenvalue weighted by Crippen LogP contribution is 2.24. The van der Waals surface area contributed by atoms with Gasteiger partial charge in [-0.2, -0.15) is 0 Å². The maximum Gasteiger partial charge on any atom is 0.508 e. The number of carbonyl (C=O) groups excluding carboxylic acids is 1. The standard InChI is InChI=1S/C16H26O7/c17-11-4-1-9-14(10-11)23-16(20)22-13-7-2-5-12(6-3-8-13)21-15(18)19/h11-14,17H,1-10H2,(H,18,19). The van der Waals surface area contributed by atoms with Gasteiger partial charge in [-0.25, -0.2) is 9.59 Å². The van der Waals surface area contributed by atoms with Gasteiger partial charge in [0, 0.05) is 6.42 Å². The van der Waals surface area contributed by atoms with Crippen LogP contribution in [-0.2, 0) is 14.2 Å². The van der Waals surface area contributed by atoms with Crippen molar-refractivity contribution >= 4 is 12.3 Å². The number of aliphatic hydroxyl groups is 1. The smallest absolute Gasteiger partial charge is 0.450 e. The maximum absolute atomic E-state index is 11.9. The van der Waals surface area contributed by atoms with Gasteiger partial charge >= 0.3 is 12.3 Å². The highest BCUT2D eigenvalue weighted by Gasteiger charge is 2.26. The molecule has 2 aliphatic carbocycles. The summed E-state index contributed by atoms with van der Waals surface area (Å²) in [4.78, 5) is 22.4. The molecule has 0 bridgehead atoms. The summed E-state index contributed by atoms with van der Waals surface area (Å²) in [5.74, 6) is 0. The Labute approximate surface area is 135 Å². The third-order valence-electron chi connectivity index (χ3n) is 4.50. The van der Waals surface area contributed by atoms with Crippen LogP contribution >= 0.6 is 0 Å². The van der Waals surface area contributed by atoms with Crippen LogP contribution < -0.4 is 0 Å². The predicted octanol–water partition coefficient (Wildman–Crippen LogP) is 3.23. The van der Waals surface area contributed by atoms with Crippen molar-refractivity contribution < 1.29 is 34.0 Å². The van der Waals surface area contributed by atoms with E-state index in [0.29, 0.717) is 32.1 Å². The van der Waals surface area contributed by atoms with E-state index in [2.05, 4.69) is 0 Å². The number of hydrogen-bond donors (Lipinski definition) is 2. The predicted molar refractivity (Wildman–Crippen MR) is 80.2 cm³/mol. The van der Waals surface area contributed by atoms with Crippen molar-refractivity contribution in [3.63, 3.8) is 0 Å². The Bertz CT molecular complexity index is 388. The lowest BCUT2D eigenvalue weighted by molar-refractivity contribution is -0.0355. The molecule has 2 saturated carbocycles. The summed E-state index contributed by atoms with van der Waals surface area (Å²) in [5.41, 5.74) is 0. The molecule has 0 saturated heterocycles. The Hall–Kier alpha value is -1.50. The van der Waals surface area contributed by atoms with Gasteiger partial charge in [0.25, 0.3) is 0 Å². The van der Waals surface area contributed by atoms with Crippen molar-refractivity contribution in [3.8, 4) is 0 Å². The number of rotatable bonds is 3. The van der Waals surface area contributed by atoms with Crippen molar-refractivity contribution in [1.29, 1.82) is 0 Å². The zero-order valence-electron chi connectivity index (χ0n) is 13.3. The second-order valence-electron chi connectivity index (χ2n) is 6.42. The second-order valence-corrected chi connectivity index (χ2v) is 6.42. The lowest BCUT2D eigenvalue weighted by Crippen LogP contribution is -2.30. The van der Waals surface area contributed by atoms with Gasteiger partial charge in [-0.3, -0.25) is 0 Å². The minimum atomic E-state index is -1.23. The zero-order valence-corrected chi connectivity index (χ0v) is 13.3. The van der Waals surface area contributed by atoms with Crippen LogP contribution in [0.2, 0.25) is 0 Å². The van der Waals surface area contributed by atoms with Crippen molar-refractivity contribution in [3.05, 3.63) is 0 Å². The summed E-state index contributed by atoms with van der Waals surface area (Å²) in [7, 11) is 0. The van der Waals surface area contributed by atoms with E-state index in [-0.39, 0.29) is 18.3 Å². The van der Waals surface area contributed by atoms with Gasteiger partial charge < -0.3 is 24.4 Å². The van der Waals surface area contributed by atoms with E-state index in [0.717, 1.165) is 32.1 Å². The number of aliphatic hydroxyl groups excluding tert-OH is 1. The average molecular weight is 330 g/mol. The molecule has 0 aromatic heterocycles. The molecule has 0 amide bonds. The molecule has 0 aromatic carbocycles. The van der Waals surface area contributed by atoms with Crippen molar-refractivity contribution in [2.24, 2.45) is 0 Å². The quantitative estimate of drug-likeness (QED) is 0.766. The molecular formula is C16H26O7. The Morgan fingerprint density at radius 3 is 1.78 bits per heavy atom. The van der Waals surface area contributed by atoms with Gasteiger partial charge in [-0.15, -0.1) is 0 Å². The van der Waals surface area contributed by atoms with Crippen LogP contribution in [0.4, 0.5) is 9.59 Å².